The SMILES string of the molecule is CONC(=O)N1CCCOC(C)C1. The summed E-state index contributed by atoms with van der Waals surface area (Å²) in [5.41, 5.74) is 2.30. The maximum Gasteiger partial charge on any atom is 0.341 e. The van der Waals surface area contributed by atoms with Crippen molar-refractivity contribution in [1.29, 1.82) is 0 Å². The summed E-state index contributed by atoms with van der Waals surface area (Å²) in [6.07, 6.45) is 0.978. The zero-order valence-electron chi connectivity index (χ0n) is 8.08. The molecule has 1 N–H and O–H groups in total. The number of hydrogen-bond acceptors (Lipinski definition) is 3. The minimum absolute atomic E-state index is 0.102. The third-order valence-electron chi connectivity index (χ3n) is 1.93. The minimum atomic E-state index is -0.195. The molecule has 5 nitrogen and oxygen atoms in total. The van der Waals surface area contributed by atoms with Crippen molar-refractivity contribution in [1.82, 2.24) is 10.4 Å². The number of amides is 2. The maximum atomic E-state index is 11.3. The van der Waals surface area contributed by atoms with Gasteiger partial charge in [0.15, 0.2) is 0 Å². The third kappa shape index (κ3) is 3.20. The predicted octanol–water partition coefficient (Wildman–Crippen LogP) is 0.368. The monoisotopic (exact) mass is 188 g/mol. The van der Waals surface area contributed by atoms with Crippen LogP contribution in [0.5, 0.6) is 0 Å². The van der Waals surface area contributed by atoms with Crippen LogP contribution in [0.25, 0.3) is 0 Å². The van der Waals surface area contributed by atoms with Crippen LogP contribution in [0.4, 0.5) is 4.79 Å². The fourth-order valence-corrected chi connectivity index (χ4v) is 1.33. The predicted molar refractivity (Wildman–Crippen MR) is 47.1 cm³/mol. The Balaban J connectivity index is 2.42. The molecule has 13 heavy (non-hydrogen) atoms. The normalized spacial score (nSPS) is 23.8. The van der Waals surface area contributed by atoms with Gasteiger partial charge in [0.2, 0.25) is 0 Å². The summed E-state index contributed by atoms with van der Waals surface area (Å²) in [6, 6.07) is -0.195. The molecule has 1 rings (SSSR count). The summed E-state index contributed by atoms with van der Waals surface area (Å²) in [6.45, 7) is 4.02. The van der Waals surface area contributed by atoms with E-state index in [2.05, 4.69) is 10.3 Å². The van der Waals surface area contributed by atoms with Gasteiger partial charge in [0.1, 0.15) is 0 Å². The molecule has 0 spiro atoms. The molecule has 0 saturated carbocycles. The van der Waals surface area contributed by atoms with Crippen molar-refractivity contribution < 1.29 is 14.4 Å². The van der Waals surface area contributed by atoms with Gasteiger partial charge in [-0.1, -0.05) is 0 Å². The van der Waals surface area contributed by atoms with E-state index >= 15 is 0 Å². The Kier molecular flexibility index (Phi) is 3.98. The Morgan fingerprint density at radius 3 is 3.15 bits per heavy atom. The van der Waals surface area contributed by atoms with Crippen LogP contribution >= 0.6 is 0 Å². The van der Waals surface area contributed by atoms with Crippen LogP contribution in [0, 0.1) is 0 Å². The van der Waals surface area contributed by atoms with E-state index < -0.39 is 0 Å². The lowest BCUT2D eigenvalue weighted by Gasteiger charge is -2.21. The van der Waals surface area contributed by atoms with Crippen LogP contribution < -0.4 is 5.48 Å². The second-order valence-electron chi connectivity index (χ2n) is 3.09. The number of nitrogens with one attached hydrogen (secondary N) is 1. The molecule has 0 aliphatic carbocycles. The third-order valence-corrected chi connectivity index (χ3v) is 1.93. The highest BCUT2D eigenvalue weighted by molar-refractivity contribution is 5.73. The van der Waals surface area contributed by atoms with E-state index in [0.717, 1.165) is 19.6 Å². The number of ether oxygens (including phenoxy) is 1. The van der Waals surface area contributed by atoms with Crippen LogP contribution in [0.1, 0.15) is 13.3 Å². The summed E-state index contributed by atoms with van der Waals surface area (Å²) >= 11 is 0. The summed E-state index contributed by atoms with van der Waals surface area (Å²) in [5, 5.41) is 0. The molecule has 76 valence electrons. The van der Waals surface area contributed by atoms with Crippen molar-refractivity contribution in [2.75, 3.05) is 26.8 Å². The zero-order valence-corrected chi connectivity index (χ0v) is 8.08. The van der Waals surface area contributed by atoms with Crippen molar-refractivity contribution in [2.45, 2.75) is 19.4 Å². The minimum Gasteiger partial charge on any atom is -0.377 e. The highest BCUT2D eigenvalue weighted by Gasteiger charge is 2.19. The highest BCUT2D eigenvalue weighted by atomic mass is 16.6. The van der Waals surface area contributed by atoms with E-state index in [1.165, 1.54) is 7.11 Å². The van der Waals surface area contributed by atoms with Crippen molar-refractivity contribution in [3.8, 4) is 0 Å². The van der Waals surface area contributed by atoms with Crippen molar-refractivity contribution in [3.63, 3.8) is 0 Å². The molecule has 0 radical (unpaired) electrons. The van der Waals surface area contributed by atoms with Gasteiger partial charge in [0.05, 0.1) is 13.2 Å². The second-order valence-corrected chi connectivity index (χ2v) is 3.09. The fraction of sp³-hybridized carbons (Fsp3) is 0.875. The standard InChI is InChI=1S/C8H16N2O3/c1-7-6-10(4-3-5-13-7)8(11)9-12-2/h7H,3-6H2,1-2H3,(H,9,11). The van der Waals surface area contributed by atoms with Crippen LogP contribution in [0.3, 0.4) is 0 Å². The first-order valence-electron chi connectivity index (χ1n) is 4.43. The largest absolute Gasteiger partial charge is 0.377 e. The van der Waals surface area contributed by atoms with Crippen molar-refractivity contribution >= 4 is 6.03 Å². The van der Waals surface area contributed by atoms with Crippen LogP contribution in [-0.4, -0.2) is 43.8 Å². The van der Waals surface area contributed by atoms with Crippen molar-refractivity contribution in [3.05, 3.63) is 0 Å². The van der Waals surface area contributed by atoms with Gasteiger partial charge in [-0.15, -0.1) is 0 Å². The maximum absolute atomic E-state index is 11.3. The lowest BCUT2D eigenvalue weighted by Crippen LogP contribution is -2.42. The van der Waals surface area contributed by atoms with Crippen LogP contribution in [0.2, 0.25) is 0 Å². The molecule has 1 fully saturated rings. The van der Waals surface area contributed by atoms with Gasteiger partial charge >= 0.3 is 6.03 Å². The van der Waals surface area contributed by atoms with E-state index in [0.29, 0.717) is 6.54 Å². The smallest absolute Gasteiger partial charge is 0.341 e. The van der Waals surface area contributed by atoms with E-state index in [1.54, 1.807) is 4.90 Å². The molecule has 0 bridgehead atoms. The van der Waals surface area contributed by atoms with E-state index in [-0.39, 0.29) is 12.1 Å². The number of carbonyl (C=O) groups is 1. The summed E-state index contributed by atoms with van der Waals surface area (Å²) < 4.78 is 5.40. The van der Waals surface area contributed by atoms with Gasteiger partial charge in [-0.05, 0) is 13.3 Å². The van der Waals surface area contributed by atoms with Crippen LogP contribution in [0.15, 0.2) is 0 Å². The lowest BCUT2D eigenvalue weighted by atomic mass is 10.3. The topological polar surface area (TPSA) is 50.8 Å². The van der Waals surface area contributed by atoms with Gasteiger partial charge in [-0.25, -0.2) is 10.3 Å². The average Bonchev–Trinajstić information content (AvgIpc) is 2.30. The summed E-state index contributed by atoms with van der Waals surface area (Å²) in [4.78, 5) is 17.6. The Morgan fingerprint density at radius 2 is 2.46 bits per heavy atom. The second kappa shape index (κ2) is 5.04. The number of hydrogen-bond donors (Lipinski definition) is 1. The summed E-state index contributed by atoms with van der Waals surface area (Å²) in [5.74, 6) is 0. The van der Waals surface area contributed by atoms with E-state index in [9.17, 15) is 4.79 Å². The molecule has 1 heterocycles. The molecular formula is C8H16N2O3. The van der Waals surface area contributed by atoms with Gasteiger partial charge in [-0.3, -0.25) is 4.84 Å². The molecule has 0 aromatic rings. The number of urea groups is 1. The van der Waals surface area contributed by atoms with E-state index in [4.69, 9.17) is 4.74 Å². The Hall–Kier alpha value is -0.810. The van der Waals surface area contributed by atoms with Gasteiger partial charge in [0, 0.05) is 19.7 Å². The molecule has 2 amide bonds. The van der Waals surface area contributed by atoms with E-state index in [1.807, 2.05) is 6.92 Å². The van der Waals surface area contributed by atoms with Gasteiger partial charge < -0.3 is 9.64 Å². The van der Waals surface area contributed by atoms with Crippen molar-refractivity contribution in [2.24, 2.45) is 0 Å². The molecular weight excluding hydrogens is 172 g/mol. The Morgan fingerprint density at radius 1 is 1.69 bits per heavy atom. The van der Waals surface area contributed by atoms with Crippen LogP contribution in [-0.2, 0) is 9.57 Å². The Labute approximate surface area is 77.9 Å². The molecule has 1 atom stereocenters. The molecule has 0 aromatic heterocycles. The molecule has 1 saturated heterocycles. The van der Waals surface area contributed by atoms with Gasteiger partial charge in [0.25, 0.3) is 0 Å². The zero-order chi connectivity index (χ0) is 9.68. The van der Waals surface area contributed by atoms with Gasteiger partial charge in [-0.2, -0.15) is 0 Å². The molecule has 0 aromatic carbocycles. The highest BCUT2D eigenvalue weighted by Crippen LogP contribution is 2.04. The number of nitrogens with zero attached hydrogens (tertiary/aromatic N) is 1. The molecule has 1 aliphatic rings. The number of rotatable bonds is 1. The number of hydroxylamine groups is 1. The quantitative estimate of drug-likeness (QED) is 0.605. The number of carbonyl (C=O) groups excluding carboxylic acids is 1. The molecule has 1 unspecified atom stereocenters. The summed E-state index contributed by atoms with van der Waals surface area (Å²) in [7, 11) is 1.43. The lowest BCUT2D eigenvalue weighted by molar-refractivity contribution is 0.0603. The first-order valence-corrected chi connectivity index (χ1v) is 4.43. The molecule has 1 aliphatic heterocycles. The first kappa shape index (κ1) is 10.3. The Bertz CT molecular complexity index is 175. The first-order chi connectivity index (χ1) is 6.24. The average molecular weight is 188 g/mol. The fourth-order valence-electron chi connectivity index (χ4n) is 1.33. The molecule has 5 heteroatoms.